The molecule has 0 aromatic heterocycles. The monoisotopic (exact) mass is 745 g/mol. The molecule has 0 aliphatic heterocycles. The summed E-state index contributed by atoms with van der Waals surface area (Å²) >= 11 is 0. The third-order valence-corrected chi connectivity index (χ3v) is 18.7. The van der Waals surface area contributed by atoms with Crippen LogP contribution >= 0.6 is 0 Å². The van der Waals surface area contributed by atoms with E-state index in [0.717, 1.165) is 107 Å². The Bertz CT molecular complexity index is 785. The normalized spacial score (nSPS) is 49.7. The first-order chi connectivity index (χ1) is 26.1. The zero-order chi connectivity index (χ0) is 37.6. The van der Waals surface area contributed by atoms with Gasteiger partial charge in [0, 0.05) is 0 Å². The van der Waals surface area contributed by atoms with Crippen LogP contribution in [0.15, 0.2) is 0 Å². The van der Waals surface area contributed by atoms with Gasteiger partial charge in [0.2, 0.25) is 0 Å². The van der Waals surface area contributed by atoms with Crippen LogP contribution in [-0.4, -0.2) is 0 Å². The Labute approximate surface area is 339 Å². The predicted octanol–water partition coefficient (Wildman–Crippen LogP) is 17.0. The first kappa shape index (κ1) is 42.1. The van der Waals surface area contributed by atoms with E-state index in [1.54, 1.807) is 116 Å². The smallest absolute Gasteiger partial charge is 0.0409 e. The van der Waals surface area contributed by atoms with Crippen LogP contribution in [0.25, 0.3) is 0 Å². The summed E-state index contributed by atoms with van der Waals surface area (Å²) in [5.41, 5.74) is 0. The third kappa shape index (κ3) is 13.0. The zero-order valence-corrected chi connectivity index (χ0v) is 37.6. The maximum absolute atomic E-state index is 2.42. The molecule has 0 heteroatoms. The lowest BCUT2D eigenvalue weighted by Gasteiger charge is -2.23. The van der Waals surface area contributed by atoms with Gasteiger partial charge < -0.3 is 0 Å². The lowest BCUT2D eigenvalue weighted by atomic mass is 9.82. The Hall–Kier alpha value is 0. The van der Waals surface area contributed by atoms with Gasteiger partial charge in [0.15, 0.2) is 0 Å². The fraction of sp³-hybridized carbons (Fsp3) is 1.00. The van der Waals surface area contributed by atoms with Crippen LogP contribution in [0.5, 0.6) is 0 Å². The van der Waals surface area contributed by atoms with Crippen molar-refractivity contribution >= 4 is 0 Å². The third-order valence-electron chi connectivity index (χ3n) is 18.7. The summed E-state index contributed by atoms with van der Waals surface area (Å²) in [5.74, 6) is 20.0. The Balaban J connectivity index is 0.0000001000. The number of hydrogen-bond acceptors (Lipinski definition) is 0. The molecule has 0 N–H and O–H groups in total. The van der Waals surface area contributed by atoms with Crippen LogP contribution in [-0.2, 0) is 0 Å². The summed E-state index contributed by atoms with van der Waals surface area (Å²) in [6.07, 6.45) is 46.5. The second-order valence-corrected chi connectivity index (χ2v) is 24.7. The summed E-state index contributed by atoms with van der Waals surface area (Å²) in [5, 5.41) is 0. The molecule has 0 spiro atoms. The molecule has 0 aromatic rings. The number of rotatable bonds is 0. The van der Waals surface area contributed by atoms with Crippen LogP contribution in [0, 0.1) is 107 Å². The van der Waals surface area contributed by atoms with E-state index in [1.807, 2.05) is 0 Å². The van der Waals surface area contributed by atoms with Gasteiger partial charge in [-0.15, -0.1) is 0 Å². The molecular weight excluding hydrogens is 649 g/mol. The highest BCUT2D eigenvalue weighted by atomic mass is 14.4. The van der Waals surface area contributed by atoms with Crippen LogP contribution in [0.1, 0.15) is 234 Å². The Morgan fingerprint density at radius 3 is 0.333 bits per heavy atom. The van der Waals surface area contributed by atoms with Gasteiger partial charge in [-0.2, -0.15) is 0 Å². The standard InChI is InChI=1S/6C9H16/c6*1-7-4-8-2-3-9(5-7)6-8/h6*7-9H,2-6H2,1H3/t6*7?,8-,9+. The molecule has 54 heavy (non-hydrogen) atoms. The molecule has 12 aliphatic carbocycles. The van der Waals surface area contributed by atoms with Crippen molar-refractivity contribution in [1.29, 1.82) is 0 Å². The van der Waals surface area contributed by atoms with E-state index in [-0.39, 0.29) is 0 Å². The molecule has 0 amide bonds. The largest absolute Gasteiger partial charge is 0.0625 e. The maximum atomic E-state index is 2.42. The highest BCUT2D eigenvalue weighted by molar-refractivity contribution is 4.87. The van der Waals surface area contributed by atoms with Crippen LogP contribution < -0.4 is 0 Å². The average molecular weight is 745 g/mol. The average Bonchev–Trinajstić information content (AvgIpc) is 3.97. The first-order valence-corrected chi connectivity index (χ1v) is 26.1. The molecule has 312 valence electrons. The minimum atomic E-state index is 1.05. The molecule has 0 saturated heterocycles. The minimum Gasteiger partial charge on any atom is -0.0625 e. The first-order valence-electron chi connectivity index (χ1n) is 26.1. The van der Waals surface area contributed by atoms with Crippen molar-refractivity contribution in [1.82, 2.24) is 0 Å². The summed E-state index contributed by atoms with van der Waals surface area (Å²) in [6, 6.07) is 0. The van der Waals surface area contributed by atoms with Crippen molar-refractivity contribution in [2.24, 2.45) is 107 Å². The van der Waals surface area contributed by atoms with Crippen molar-refractivity contribution in [3.05, 3.63) is 0 Å². The van der Waals surface area contributed by atoms with Crippen molar-refractivity contribution in [2.75, 3.05) is 0 Å². The van der Waals surface area contributed by atoms with Crippen molar-refractivity contribution in [2.45, 2.75) is 234 Å². The molecule has 12 rings (SSSR count). The molecule has 12 bridgehead atoms. The highest BCUT2D eigenvalue weighted by Gasteiger charge is 2.35. The molecule has 0 heterocycles. The topological polar surface area (TPSA) is 0 Å². The van der Waals surface area contributed by atoms with Gasteiger partial charge in [-0.25, -0.2) is 0 Å². The van der Waals surface area contributed by atoms with Gasteiger partial charge in [-0.05, 0) is 222 Å². The molecule has 18 atom stereocenters. The Morgan fingerprint density at radius 1 is 0.148 bits per heavy atom. The van der Waals surface area contributed by atoms with Crippen molar-refractivity contribution in [3.63, 3.8) is 0 Å². The fourth-order valence-corrected chi connectivity index (χ4v) is 17.0. The van der Waals surface area contributed by atoms with Crippen molar-refractivity contribution < 1.29 is 0 Å². The Kier molecular flexibility index (Phi) is 15.8. The minimum absolute atomic E-state index is 1.05. The molecule has 12 saturated carbocycles. The molecule has 6 unspecified atom stereocenters. The van der Waals surface area contributed by atoms with E-state index in [2.05, 4.69) is 41.5 Å². The number of hydrogen-bond donors (Lipinski definition) is 0. The van der Waals surface area contributed by atoms with Crippen LogP contribution in [0.4, 0.5) is 0 Å². The highest BCUT2D eigenvalue weighted by Crippen LogP contribution is 2.48. The van der Waals surface area contributed by atoms with E-state index >= 15 is 0 Å². The van der Waals surface area contributed by atoms with E-state index in [4.69, 9.17) is 0 Å². The van der Waals surface area contributed by atoms with Gasteiger partial charge in [-0.3, -0.25) is 0 Å². The van der Waals surface area contributed by atoms with Crippen LogP contribution in [0.2, 0.25) is 0 Å². The molecular formula is C54H96. The van der Waals surface area contributed by atoms with Gasteiger partial charge in [0.1, 0.15) is 0 Å². The van der Waals surface area contributed by atoms with Crippen molar-refractivity contribution in [3.8, 4) is 0 Å². The molecule has 0 nitrogen and oxygen atoms in total. The summed E-state index contributed by atoms with van der Waals surface area (Å²) in [6.45, 7) is 14.5. The lowest BCUT2D eigenvalue weighted by molar-refractivity contribution is 0.278. The fourth-order valence-electron chi connectivity index (χ4n) is 17.0. The summed E-state index contributed by atoms with van der Waals surface area (Å²) < 4.78 is 0. The van der Waals surface area contributed by atoms with E-state index in [0.29, 0.717) is 0 Å². The number of fused-ring (bicyclic) bond motifs is 12. The van der Waals surface area contributed by atoms with Gasteiger partial charge >= 0.3 is 0 Å². The predicted molar refractivity (Wildman–Crippen MR) is 235 cm³/mol. The maximum Gasteiger partial charge on any atom is -0.0409 e. The van der Waals surface area contributed by atoms with Gasteiger partial charge in [0.05, 0.1) is 0 Å². The van der Waals surface area contributed by atoms with E-state index in [1.165, 1.54) is 77.0 Å². The Morgan fingerprint density at radius 2 is 0.241 bits per heavy atom. The quantitative estimate of drug-likeness (QED) is 0.232. The second kappa shape index (κ2) is 20.3. The summed E-state index contributed by atoms with van der Waals surface area (Å²) in [7, 11) is 0. The van der Waals surface area contributed by atoms with Gasteiger partial charge in [0.25, 0.3) is 0 Å². The molecule has 12 fully saturated rings. The molecule has 12 aliphatic rings. The van der Waals surface area contributed by atoms with E-state index in [9.17, 15) is 0 Å². The van der Waals surface area contributed by atoms with Gasteiger partial charge in [-0.1, -0.05) is 119 Å². The lowest BCUT2D eigenvalue weighted by Crippen LogP contribution is -2.12. The van der Waals surface area contributed by atoms with Crippen LogP contribution in [0.3, 0.4) is 0 Å². The zero-order valence-electron chi connectivity index (χ0n) is 37.6. The summed E-state index contributed by atoms with van der Waals surface area (Å²) in [4.78, 5) is 0. The molecule has 0 radical (unpaired) electrons. The second-order valence-electron chi connectivity index (χ2n) is 24.7. The van der Waals surface area contributed by atoms with E-state index < -0.39 is 0 Å². The molecule has 0 aromatic carbocycles. The SMILES string of the molecule is CC1C[C@H]2CC[C@@H](C1)C2.CC1C[C@H]2CC[C@@H](C1)C2.CC1C[C@H]2CC[C@@H](C1)C2.CC1C[C@H]2CC[C@@H](C1)C2.CC1C[C@H]2CC[C@@H](C1)C2.CC1C[C@H]2CC[C@@H](C1)C2.